The predicted molar refractivity (Wildman–Crippen MR) is 104 cm³/mol. The van der Waals surface area contributed by atoms with E-state index < -0.39 is 30.4 Å². The summed E-state index contributed by atoms with van der Waals surface area (Å²) in [5.41, 5.74) is 0. The molecule has 0 aromatic rings. The van der Waals surface area contributed by atoms with Gasteiger partial charge in [-0.1, -0.05) is 51.7 Å². The van der Waals surface area contributed by atoms with Gasteiger partial charge < -0.3 is 14.7 Å². The molecule has 1 aliphatic heterocycles. The van der Waals surface area contributed by atoms with Crippen molar-refractivity contribution in [1.82, 2.24) is 4.90 Å². The van der Waals surface area contributed by atoms with Crippen molar-refractivity contribution < 1.29 is 28.2 Å². The molecule has 162 valence electrons. The molecule has 1 aliphatic rings. The van der Waals surface area contributed by atoms with Crippen LogP contribution in [-0.2, 0) is 14.3 Å². The minimum atomic E-state index is -3.35. The Labute approximate surface area is 167 Å². The van der Waals surface area contributed by atoms with Crippen molar-refractivity contribution in [2.45, 2.75) is 89.7 Å². The van der Waals surface area contributed by atoms with Gasteiger partial charge in [0.1, 0.15) is 0 Å². The number of hydrogen-bond acceptors (Lipinski definition) is 4. The molecule has 0 aromatic carbocycles. The molecule has 0 aliphatic carbocycles. The van der Waals surface area contributed by atoms with Crippen LogP contribution < -0.4 is 0 Å². The quantitative estimate of drug-likeness (QED) is 0.286. The van der Waals surface area contributed by atoms with Gasteiger partial charge in [0.15, 0.2) is 0 Å². The summed E-state index contributed by atoms with van der Waals surface area (Å²) in [6.45, 7) is 4.27. The van der Waals surface area contributed by atoms with Crippen LogP contribution in [0.4, 0.5) is 8.78 Å². The first kappa shape index (κ1) is 24.5. The number of carbonyl (C=O) groups excluding carboxylic acids is 2. The van der Waals surface area contributed by atoms with E-state index in [0.717, 1.165) is 32.1 Å². The number of ether oxygens (including phenoxy) is 1. The van der Waals surface area contributed by atoms with Crippen molar-refractivity contribution in [1.29, 1.82) is 0 Å². The lowest BCUT2D eigenvalue weighted by molar-refractivity contribution is -0.148. The van der Waals surface area contributed by atoms with Crippen LogP contribution in [0.3, 0.4) is 0 Å². The molecule has 5 nitrogen and oxygen atoms in total. The number of nitrogens with zero attached hydrogens (tertiary/aromatic N) is 1. The normalized spacial score (nSPS) is 21.3. The molecule has 0 radical (unpaired) electrons. The Morgan fingerprint density at radius 2 is 2.00 bits per heavy atom. The molecule has 0 bridgehead atoms. The first-order chi connectivity index (χ1) is 13.2. The minimum Gasteiger partial charge on any atom is -0.469 e. The van der Waals surface area contributed by atoms with Crippen LogP contribution in [0.15, 0.2) is 12.2 Å². The van der Waals surface area contributed by atoms with E-state index in [1.54, 1.807) is 12.2 Å². The lowest BCUT2D eigenvalue weighted by Crippen LogP contribution is -2.36. The third-order valence-electron chi connectivity index (χ3n) is 5.32. The second-order valence-corrected chi connectivity index (χ2v) is 7.71. The van der Waals surface area contributed by atoms with Crippen LogP contribution in [-0.4, -0.2) is 53.6 Å². The average Bonchev–Trinajstić information content (AvgIpc) is 2.89. The number of halogens is 2. The van der Waals surface area contributed by atoms with E-state index in [4.69, 9.17) is 0 Å². The fraction of sp³-hybridized carbons (Fsp3) is 0.810. The van der Waals surface area contributed by atoms with Gasteiger partial charge in [0, 0.05) is 19.4 Å². The molecule has 0 unspecified atom stereocenters. The summed E-state index contributed by atoms with van der Waals surface area (Å²) in [6.07, 6.45) is 7.95. The van der Waals surface area contributed by atoms with Gasteiger partial charge in [-0.15, -0.1) is 0 Å². The SMILES string of the molecule is CCCC[C@H](C)[C@@H](O)C=C[C@H]1CC(F)(F)C(=O)N1CCCCCCC(=O)OC. The molecule has 1 heterocycles. The highest BCUT2D eigenvalue weighted by molar-refractivity contribution is 5.86. The molecule has 7 heteroatoms. The minimum absolute atomic E-state index is 0.0528. The summed E-state index contributed by atoms with van der Waals surface area (Å²) in [7, 11) is 1.34. The van der Waals surface area contributed by atoms with Crippen molar-refractivity contribution in [2.75, 3.05) is 13.7 Å². The van der Waals surface area contributed by atoms with Gasteiger partial charge in [0.2, 0.25) is 0 Å². The van der Waals surface area contributed by atoms with E-state index in [9.17, 15) is 23.5 Å². The van der Waals surface area contributed by atoms with Crippen molar-refractivity contribution >= 4 is 11.9 Å². The highest BCUT2D eigenvalue weighted by atomic mass is 19.3. The summed E-state index contributed by atoms with van der Waals surface area (Å²) in [5.74, 6) is -4.69. The number of aliphatic hydroxyl groups excluding tert-OH is 1. The number of alkyl halides is 2. The molecule has 1 saturated heterocycles. The number of amides is 1. The Balaban J connectivity index is 2.52. The van der Waals surface area contributed by atoms with Crippen molar-refractivity contribution in [3.05, 3.63) is 12.2 Å². The van der Waals surface area contributed by atoms with Gasteiger partial charge in [-0.2, -0.15) is 8.78 Å². The molecule has 0 aromatic heterocycles. The number of carbonyl (C=O) groups is 2. The van der Waals surface area contributed by atoms with Gasteiger partial charge in [-0.05, 0) is 25.2 Å². The Morgan fingerprint density at radius 3 is 2.64 bits per heavy atom. The van der Waals surface area contributed by atoms with Crippen LogP contribution in [0.1, 0.15) is 71.6 Å². The highest BCUT2D eigenvalue weighted by Gasteiger charge is 2.52. The Hall–Kier alpha value is -1.50. The number of methoxy groups -OCH3 is 1. The topological polar surface area (TPSA) is 66.8 Å². The zero-order valence-electron chi connectivity index (χ0n) is 17.3. The average molecular weight is 404 g/mol. The van der Waals surface area contributed by atoms with Crippen molar-refractivity contribution in [3.8, 4) is 0 Å². The fourth-order valence-electron chi connectivity index (χ4n) is 3.40. The Bertz CT molecular complexity index is 525. The van der Waals surface area contributed by atoms with E-state index in [1.807, 2.05) is 6.92 Å². The largest absolute Gasteiger partial charge is 0.469 e. The van der Waals surface area contributed by atoms with Crippen molar-refractivity contribution in [3.63, 3.8) is 0 Å². The van der Waals surface area contributed by atoms with E-state index in [1.165, 1.54) is 12.0 Å². The zero-order valence-corrected chi connectivity index (χ0v) is 17.3. The van der Waals surface area contributed by atoms with E-state index in [0.29, 0.717) is 19.3 Å². The maximum absolute atomic E-state index is 13.9. The van der Waals surface area contributed by atoms with Crippen LogP contribution >= 0.6 is 0 Å². The van der Waals surface area contributed by atoms with E-state index in [-0.39, 0.29) is 18.4 Å². The second kappa shape index (κ2) is 12.1. The van der Waals surface area contributed by atoms with Crippen LogP contribution in [0.2, 0.25) is 0 Å². The molecule has 1 rings (SSSR count). The molecular weight excluding hydrogens is 368 g/mol. The third-order valence-corrected chi connectivity index (χ3v) is 5.32. The molecule has 0 spiro atoms. The van der Waals surface area contributed by atoms with Gasteiger partial charge in [-0.3, -0.25) is 9.59 Å². The van der Waals surface area contributed by atoms with E-state index >= 15 is 0 Å². The first-order valence-electron chi connectivity index (χ1n) is 10.3. The number of unbranched alkanes of at least 4 members (excludes halogenated alkanes) is 4. The van der Waals surface area contributed by atoms with Gasteiger partial charge in [0.25, 0.3) is 5.91 Å². The molecule has 1 amide bonds. The predicted octanol–water partition coefficient (Wildman–Crippen LogP) is 4.09. The smallest absolute Gasteiger partial charge is 0.327 e. The summed E-state index contributed by atoms with van der Waals surface area (Å²) in [6, 6.07) is -0.689. The number of esters is 1. The highest BCUT2D eigenvalue weighted by Crippen LogP contribution is 2.34. The fourth-order valence-corrected chi connectivity index (χ4v) is 3.40. The number of rotatable bonds is 13. The summed E-state index contributed by atoms with van der Waals surface area (Å²) in [4.78, 5) is 24.3. The van der Waals surface area contributed by atoms with Gasteiger partial charge in [0.05, 0.1) is 19.3 Å². The monoisotopic (exact) mass is 403 g/mol. The molecule has 1 N–H and O–H groups in total. The second-order valence-electron chi connectivity index (χ2n) is 7.71. The summed E-state index contributed by atoms with van der Waals surface area (Å²) in [5, 5.41) is 10.2. The molecular formula is C21H35F2NO4. The number of likely N-dealkylation sites (tertiary alicyclic amines) is 1. The molecule has 0 saturated carbocycles. The maximum Gasteiger partial charge on any atom is 0.327 e. The summed E-state index contributed by atoms with van der Waals surface area (Å²) < 4.78 is 32.4. The number of hydrogen-bond donors (Lipinski definition) is 1. The van der Waals surface area contributed by atoms with Gasteiger partial charge >= 0.3 is 11.9 Å². The molecule has 28 heavy (non-hydrogen) atoms. The summed E-state index contributed by atoms with van der Waals surface area (Å²) >= 11 is 0. The van der Waals surface area contributed by atoms with Crippen LogP contribution in [0, 0.1) is 5.92 Å². The third kappa shape index (κ3) is 7.86. The standard InChI is InChI=1S/C21H35F2NO4/c1-4-5-10-16(2)18(25)13-12-17-15-21(22,23)20(27)24(17)14-9-7-6-8-11-19(26)28-3/h12-13,16-18,25H,4-11,14-15H2,1-3H3/t16-,17-,18-/m0/s1. The van der Waals surface area contributed by atoms with Crippen LogP contribution in [0.5, 0.6) is 0 Å². The Kier molecular flexibility index (Phi) is 10.6. The van der Waals surface area contributed by atoms with E-state index in [2.05, 4.69) is 11.7 Å². The first-order valence-corrected chi connectivity index (χ1v) is 10.3. The lowest BCUT2D eigenvalue weighted by Gasteiger charge is -2.22. The zero-order chi connectivity index (χ0) is 21.2. The Morgan fingerprint density at radius 1 is 1.32 bits per heavy atom. The number of aliphatic hydroxyl groups is 1. The maximum atomic E-state index is 13.9. The lowest BCUT2D eigenvalue weighted by atomic mass is 9.97. The van der Waals surface area contributed by atoms with Crippen molar-refractivity contribution in [2.24, 2.45) is 5.92 Å². The van der Waals surface area contributed by atoms with Crippen LogP contribution in [0.25, 0.3) is 0 Å². The molecule has 3 atom stereocenters. The van der Waals surface area contributed by atoms with Gasteiger partial charge in [-0.25, -0.2) is 0 Å². The molecule has 1 fully saturated rings.